The van der Waals surface area contributed by atoms with Crippen molar-refractivity contribution in [2.75, 3.05) is 0 Å². The van der Waals surface area contributed by atoms with E-state index < -0.39 is 5.41 Å². The number of fused-ring (bicyclic) bond motifs is 8. The second kappa shape index (κ2) is 9.28. The maximum atomic E-state index is 2.51. The van der Waals surface area contributed by atoms with Gasteiger partial charge in [-0.05, 0) is 89.0 Å². The van der Waals surface area contributed by atoms with Crippen molar-refractivity contribution in [3.05, 3.63) is 192 Å². The predicted molar refractivity (Wildman–Crippen MR) is 182 cm³/mol. The minimum Gasteiger partial charge on any atom is -0.0622 e. The number of rotatable bonds is 3. The van der Waals surface area contributed by atoms with Crippen molar-refractivity contribution in [2.24, 2.45) is 0 Å². The van der Waals surface area contributed by atoms with Crippen molar-refractivity contribution in [1.29, 1.82) is 0 Å². The summed E-state index contributed by atoms with van der Waals surface area (Å²) in [5, 5.41) is 7.68. The standard InChI is InChI=1S/C43H28/c1-3-16-33(17-4-1)43(34-18-5-2-6-19-34)40-28-39(32-24-23-29-13-7-8-15-31(29)27-32)36-21-11-12-22-37(36)41(40)38-26-25-30-14-9-10-20-35(30)42(38)43/h1-28H. The minimum atomic E-state index is -0.482. The second-order valence-electron chi connectivity index (χ2n) is 11.6. The van der Waals surface area contributed by atoms with E-state index in [1.807, 2.05) is 0 Å². The van der Waals surface area contributed by atoms with Crippen LogP contribution in [0.4, 0.5) is 0 Å². The molecule has 9 rings (SSSR count). The summed E-state index contributed by atoms with van der Waals surface area (Å²) in [5.74, 6) is 0. The summed E-state index contributed by atoms with van der Waals surface area (Å²) in [5.41, 5.74) is 9.99. The van der Waals surface area contributed by atoms with Crippen molar-refractivity contribution in [2.45, 2.75) is 5.41 Å². The van der Waals surface area contributed by atoms with Crippen LogP contribution in [0.1, 0.15) is 22.3 Å². The Morgan fingerprint density at radius 3 is 1.63 bits per heavy atom. The molecule has 0 aliphatic heterocycles. The molecule has 0 nitrogen and oxygen atoms in total. The Hall–Kier alpha value is -5.46. The molecule has 0 saturated heterocycles. The van der Waals surface area contributed by atoms with E-state index in [-0.39, 0.29) is 0 Å². The Labute approximate surface area is 251 Å². The zero-order valence-electron chi connectivity index (χ0n) is 23.7. The second-order valence-corrected chi connectivity index (χ2v) is 11.6. The van der Waals surface area contributed by atoms with E-state index in [4.69, 9.17) is 0 Å². The molecule has 0 heteroatoms. The maximum absolute atomic E-state index is 2.51. The monoisotopic (exact) mass is 544 g/mol. The summed E-state index contributed by atoms with van der Waals surface area (Å²) in [4.78, 5) is 0. The van der Waals surface area contributed by atoms with Crippen LogP contribution in [0.3, 0.4) is 0 Å². The first kappa shape index (κ1) is 24.2. The van der Waals surface area contributed by atoms with E-state index in [0.29, 0.717) is 0 Å². The molecule has 1 aliphatic rings. The molecule has 8 aromatic rings. The summed E-state index contributed by atoms with van der Waals surface area (Å²) < 4.78 is 0. The molecule has 0 spiro atoms. The Bertz CT molecular complexity index is 2290. The van der Waals surface area contributed by atoms with E-state index in [0.717, 1.165) is 0 Å². The molecule has 8 aromatic carbocycles. The lowest BCUT2D eigenvalue weighted by Gasteiger charge is -2.35. The average molecular weight is 545 g/mol. The van der Waals surface area contributed by atoms with Crippen molar-refractivity contribution in [3.63, 3.8) is 0 Å². The van der Waals surface area contributed by atoms with E-state index >= 15 is 0 Å². The summed E-state index contributed by atoms with van der Waals surface area (Å²) in [6.07, 6.45) is 0. The van der Waals surface area contributed by atoms with Gasteiger partial charge in [-0.25, -0.2) is 0 Å². The van der Waals surface area contributed by atoms with Crippen molar-refractivity contribution in [1.82, 2.24) is 0 Å². The van der Waals surface area contributed by atoms with Gasteiger partial charge in [0.2, 0.25) is 0 Å². The van der Waals surface area contributed by atoms with Gasteiger partial charge in [0, 0.05) is 0 Å². The first-order valence-corrected chi connectivity index (χ1v) is 15.0. The molecule has 0 fully saturated rings. The molecule has 0 bridgehead atoms. The van der Waals surface area contributed by atoms with E-state index in [9.17, 15) is 0 Å². The molecule has 43 heavy (non-hydrogen) atoms. The summed E-state index contributed by atoms with van der Waals surface area (Å²) in [6, 6.07) is 62.9. The molecule has 0 heterocycles. The number of benzene rings is 8. The normalized spacial score (nSPS) is 13.3. The third kappa shape index (κ3) is 3.38. The van der Waals surface area contributed by atoms with Crippen molar-refractivity contribution >= 4 is 32.3 Å². The van der Waals surface area contributed by atoms with Gasteiger partial charge in [-0.15, -0.1) is 0 Å². The van der Waals surface area contributed by atoms with Crippen LogP contribution < -0.4 is 0 Å². The van der Waals surface area contributed by atoms with Crippen LogP contribution in [-0.4, -0.2) is 0 Å². The Balaban J connectivity index is 1.50. The predicted octanol–water partition coefficient (Wildman–Crippen LogP) is 11.2. The van der Waals surface area contributed by atoms with Crippen LogP contribution in [0, 0.1) is 0 Å². The van der Waals surface area contributed by atoms with Gasteiger partial charge in [0.1, 0.15) is 0 Å². The van der Waals surface area contributed by atoms with Crippen LogP contribution in [0.15, 0.2) is 170 Å². The molecular weight excluding hydrogens is 516 g/mol. The van der Waals surface area contributed by atoms with Crippen LogP contribution in [0.5, 0.6) is 0 Å². The maximum Gasteiger partial charge on any atom is 0.0720 e. The van der Waals surface area contributed by atoms with Gasteiger partial charge in [0.25, 0.3) is 0 Å². The van der Waals surface area contributed by atoms with Gasteiger partial charge < -0.3 is 0 Å². The molecular formula is C43H28. The number of hydrogen-bond donors (Lipinski definition) is 0. The van der Waals surface area contributed by atoms with Crippen LogP contribution in [0.2, 0.25) is 0 Å². The fraction of sp³-hybridized carbons (Fsp3) is 0.0233. The number of hydrogen-bond acceptors (Lipinski definition) is 0. The highest BCUT2D eigenvalue weighted by molar-refractivity contribution is 6.13. The quantitative estimate of drug-likeness (QED) is 0.207. The Morgan fingerprint density at radius 1 is 0.349 bits per heavy atom. The molecule has 0 unspecified atom stereocenters. The van der Waals surface area contributed by atoms with Gasteiger partial charge in [-0.2, -0.15) is 0 Å². The summed E-state index contributed by atoms with van der Waals surface area (Å²) in [6.45, 7) is 0. The van der Waals surface area contributed by atoms with Crippen molar-refractivity contribution < 1.29 is 0 Å². The third-order valence-corrected chi connectivity index (χ3v) is 9.50. The van der Waals surface area contributed by atoms with E-state index in [2.05, 4.69) is 170 Å². The van der Waals surface area contributed by atoms with Gasteiger partial charge in [0.05, 0.1) is 5.41 Å². The van der Waals surface area contributed by atoms with E-state index in [1.54, 1.807) is 0 Å². The highest BCUT2D eigenvalue weighted by atomic mass is 14.5. The SMILES string of the molecule is c1ccc(C2(c3ccccc3)c3cc(-c4ccc5ccccc5c4)c4ccccc4c3-c3ccc4ccccc4c32)cc1. The Morgan fingerprint density at radius 2 is 0.907 bits per heavy atom. The first-order chi connectivity index (χ1) is 21.3. The smallest absolute Gasteiger partial charge is 0.0622 e. The minimum absolute atomic E-state index is 0.482. The first-order valence-electron chi connectivity index (χ1n) is 15.0. The topological polar surface area (TPSA) is 0 Å². The zero-order valence-corrected chi connectivity index (χ0v) is 23.7. The van der Waals surface area contributed by atoms with Crippen LogP contribution in [0.25, 0.3) is 54.6 Å². The van der Waals surface area contributed by atoms with Gasteiger partial charge >= 0.3 is 0 Å². The van der Waals surface area contributed by atoms with Crippen molar-refractivity contribution in [3.8, 4) is 22.3 Å². The largest absolute Gasteiger partial charge is 0.0720 e. The van der Waals surface area contributed by atoms with Crippen LogP contribution >= 0.6 is 0 Å². The third-order valence-electron chi connectivity index (χ3n) is 9.50. The Kier molecular flexibility index (Phi) is 5.21. The summed E-state index contributed by atoms with van der Waals surface area (Å²) in [7, 11) is 0. The fourth-order valence-corrected chi connectivity index (χ4v) is 7.72. The molecule has 0 radical (unpaired) electrons. The zero-order chi connectivity index (χ0) is 28.4. The highest BCUT2D eigenvalue weighted by Gasteiger charge is 2.48. The highest BCUT2D eigenvalue weighted by Crippen LogP contribution is 2.60. The lowest BCUT2D eigenvalue weighted by molar-refractivity contribution is 0.776. The van der Waals surface area contributed by atoms with E-state index in [1.165, 1.54) is 76.8 Å². The van der Waals surface area contributed by atoms with Gasteiger partial charge in [-0.3, -0.25) is 0 Å². The molecule has 0 saturated carbocycles. The molecule has 200 valence electrons. The molecule has 0 aromatic heterocycles. The van der Waals surface area contributed by atoms with Gasteiger partial charge in [-0.1, -0.05) is 158 Å². The van der Waals surface area contributed by atoms with Gasteiger partial charge in [0.15, 0.2) is 0 Å². The van der Waals surface area contributed by atoms with Crippen LogP contribution in [-0.2, 0) is 5.41 Å². The average Bonchev–Trinajstić information content (AvgIpc) is 3.40. The lowest BCUT2D eigenvalue weighted by atomic mass is 9.66. The fourth-order valence-electron chi connectivity index (χ4n) is 7.72. The molecule has 1 aliphatic carbocycles. The molecule has 0 N–H and O–H groups in total. The molecule has 0 amide bonds. The lowest BCUT2D eigenvalue weighted by Crippen LogP contribution is -2.29. The summed E-state index contributed by atoms with van der Waals surface area (Å²) >= 11 is 0. The molecule has 0 atom stereocenters.